The highest BCUT2D eigenvalue weighted by Gasteiger charge is 2.33. The van der Waals surface area contributed by atoms with Crippen LogP contribution in [0, 0.1) is 11.6 Å². The standard InChI is InChI=1S/C24H21ClF5N3O2S/c1-13(14-3-4-16(20(27)10-14)12-32-36(2)35)23(34)31-11-17-6-8-21(24(28,29)30)33-22(17)15-5-7-19(26)18(25)9-15/h3-10,13,32H,11-12H2,1-2H3,(H,31,34)/t13-,36?/m0/s1. The summed E-state index contributed by atoms with van der Waals surface area (Å²) in [6.45, 7) is 1.41. The van der Waals surface area contributed by atoms with Crippen molar-refractivity contribution in [1.82, 2.24) is 15.0 Å². The van der Waals surface area contributed by atoms with Crippen molar-refractivity contribution in [3.05, 3.63) is 87.6 Å². The molecule has 1 heterocycles. The van der Waals surface area contributed by atoms with E-state index in [1.165, 1.54) is 30.5 Å². The molecule has 0 aliphatic heterocycles. The van der Waals surface area contributed by atoms with E-state index in [1.807, 2.05) is 0 Å². The Kier molecular flexibility index (Phi) is 8.80. The molecule has 12 heteroatoms. The molecule has 1 unspecified atom stereocenters. The van der Waals surface area contributed by atoms with Gasteiger partial charge in [0.15, 0.2) is 0 Å². The molecule has 0 saturated heterocycles. The number of benzene rings is 2. The van der Waals surface area contributed by atoms with Crippen LogP contribution in [0.15, 0.2) is 48.5 Å². The Labute approximate surface area is 211 Å². The first kappa shape index (κ1) is 27.7. The number of pyridine rings is 1. The van der Waals surface area contributed by atoms with Crippen molar-refractivity contribution in [3.63, 3.8) is 0 Å². The summed E-state index contributed by atoms with van der Waals surface area (Å²) in [6.07, 6.45) is -3.30. The van der Waals surface area contributed by atoms with Crippen LogP contribution < -0.4 is 10.0 Å². The Morgan fingerprint density at radius 1 is 1.03 bits per heavy atom. The topological polar surface area (TPSA) is 71.1 Å². The number of hydrogen-bond acceptors (Lipinski definition) is 3. The molecule has 36 heavy (non-hydrogen) atoms. The first-order valence-corrected chi connectivity index (χ1v) is 12.5. The highest BCUT2D eigenvalue weighted by molar-refractivity contribution is 7.82. The summed E-state index contributed by atoms with van der Waals surface area (Å²) in [4.78, 5) is 16.4. The number of nitrogens with one attached hydrogen (secondary N) is 2. The number of rotatable bonds is 8. The third-order valence-corrected chi connectivity index (χ3v) is 6.19. The van der Waals surface area contributed by atoms with Crippen LogP contribution in [-0.2, 0) is 35.0 Å². The number of hydrogen-bond donors (Lipinski definition) is 2. The Morgan fingerprint density at radius 3 is 2.33 bits per heavy atom. The molecule has 2 atom stereocenters. The summed E-state index contributed by atoms with van der Waals surface area (Å²) in [6, 6.07) is 9.60. The third-order valence-electron chi connectivity index (χ3n) is 5.35. The fourth-order valence-corrected chi connectivity index (χ4v) is 3.86. The van der Waals surface area contributed by atoms with Crippen molar-refractivity contribution in [2.24, 2.45) is 0 Å². The van der Waals surface area contributed by atoms with E-state index in [-0.39, 0.29) is 40.5 Å². The SMILES string of the molecule is C[C@H](C(=O)NCc1ccc(C(F)(F)F)nc1-c1ccc(F)c(Cl)c1)c1ccc(CNS(C)=O)c(F)c1. The second-order valence-corrected chi connectivity index (χ2v) is 9.50. The molecule has 0 spiro atoms. The molecule has 192 valence electrons. The molecule has 3 aromatic rings. The van der Waals surface area contributed by atoms with Crippen molar-refractivity contribution >= 4 is 28.5 Å². The minimum Gasteiger partial charge on any atom is -0.351 e. The van der Waals surface area contributed by atoms with Gasteiger partial charge in [0.05, 0.1) is 27.6 Å². The summed E-state index contributed by atoms with van der Waals surface area (Å²) < 4.78 is 81.5. The summed E-state index contributed by atoms with van der Waals surface area (Å²) >= 11 is 5.80. The van der Waals surface area contributed by atoms with Crippen LogP contribution in [0.5, 0.6) is 0 Å². The molecular formula is C24H21ClF5N3O2S. The molecule has 0 aliphatic carbocycles. The predicted molar refractivity (Wildman–Crippen MR) is 127 cm³/mol. The van der Waals surface area contributed by atoms with Gasteiger partial charge in [-0.2, -0.15) is 13.2 Å². The molecule has 0 aliphatic rings. The Bertz CT molecular complexity index is 1300. The van der Waals surface area contributed by atoms with Crippen molar-refractivity contribution in [1.29, 1.82) is 0 Å². The van der Waals surface area contributed by atoms with Crippen LogP contribution in [0.1, 0.15) is 35.2 Å². The number of nitrogens with zero attached hydrogens (tertiary/aromatic N) is 1. The zero-order chi connectivity index (χ0) is 26.6. The number of amides is 1. The van der Waals surface area contributed by atoms with Gasteiger partial charge < -0.3 is 5.32 Å². The quantitative estimate of drug-likeness (QED) is 0.367. The van der Waals surface area contributed by atoms with Gasteiger partial charge in [-0.1, -0.05) is 29.8 Å². The van der Waals surface area contributed by atoms with Gasteiger partial charge in [0, 0.05) is 30.5 Å². The van der Waals surface area contributed by atoms with E-state index >= 15 is 0 Å². The largest absolute Gasteiger partial charge is 0.433 e. The van der Waals surface area contributed by atoms with Crippen molar-refractivity contribution in [2.75, 3.05) is 6.26 Å². The number of carbonyl (C=O) groups is 1. The third kappa shape index (κ3) is 6.86. The van der Waals surface area contributed by atoms with E-state index in [2.05, 4.69) is 15.0 Å². The molecule has 0 bridgehead atoms. The second-order valence-electron chi connectivity index (χ2n) is 7.90. The summed E-state index contributed by atoms with van der Waals surface area (Å²) in [5.74, 6) is -2.61. The van der Waals surface area contributed by atoms with Gasteiger partial charge in [-0.05, 0) is 48.4 Å². The smallest absolute Gasteiger partial charge is 0.351 e. The van der Waals surface area contributed by atoms with Gasteiger partial charge in [-0.25, -0.2) is 22.7 Å². The average molecular weight is 546 g/mol. The first-order valence-electron chi connectivity index (χ1n) is 10.5. The van der Waals surface area contributed by atoms with Gasteiger partial charge in [0.1, 0.15) is 17.3 Å². The summed E-state index contributed by atoms with van der Waals surface area (Å²) in [5, 5.41) is 2.33. The zero-order valence-electron chi connectivity index (χ0n) is 19.1. The molecule has 5 nitrogen and oxygen atoms in total. The normalized spacial score (nSPS) is 13.3. The highest BCUT2D eigenvalue weighted by atomic mass is 35.5. The van der Waals surface area contributed by atoms with Crippen LogP contribution in [0.4, 0.5) is 22.0 Å². The Balaban J connectivity index is 1.81. The lowest BCUT2D eigenvalue weighted by Crippen LogP contribution is -2.28. The van der Waals surface area contributed by atoms with Gasteiger partial charge >= 0.3 is 6.18 Å². The van der Waals surface area contributed by atoms with E-state index in [1.54, 1.807) is 13.0 Å². The summed E-state index contributed by atoms with van der Waals surface area (Å²) in [5.41, 5.74) is -0.229. The molecule has 1 aromatic heterocycles. The molecule has 0 radical (unpaired) electrons. The van der Waals surface area contributed by atoms with Crippen molar-refractivity contribution in [2.45, 2.75) is 32.1 Å². The Morgan fingerprint density at radius 2 is 1.72 bits per heavy atom. The van der Waals surface area contributed by atoms with Crippen LogP contribution >= 0.6 is 11.6 Å². The molecule has 3 rings (SSSR count). The highest BCUT2D eigenvalue weighted by Crippen LogP contribution is 2.32. The van der Waals surface area contributed by atoms with E-state index in [4.69, 9.17) is 11.6 Å². The van der Waals surface area contributed by atoms with E-state index in [9.17, 15) is 31.0 Å². The maximum absolute atomic E-state index is 14.4. The molecule has 0 fully saturated rings. The van der Waals surface area contributed by atoms with E-state index in [0.717, 1.165) is 18.2 Å². The second kappa shape index (κ2) is 11.4. The Hall–Kier alpha value is -2.89. The average Bonchev–Trinajstić information content (AvgIpc) is 2.82. The monoisotopic (exact) mass is 545 g/mol. The van der Waals surface area contributed by atoms with E-state index < -0.39 is 46.3 Å². The minimum atomic E-state index is -4.72. The number of aromatic nitrogens is 1. The van der Waals surface area contributed by atoms with Gasteiger partial charge in [0.25, 0.3) is 0 Å². The lowest BCUT2D eigenvalue weighted by Gasteiger charge is -2.16. The molecule has 2 N–H and O–H groups in total. The van der Waals surface area contributed by atoms with Crippen molar-refractivity contribution in [3.8, 4) is 11.3 Å². The van der Waals surface area contributed by atoms with Crippen LogP contribution in [-0.4, -0.2) is 21.4 Å². The van der Waals surface area contributed by atoms with Gasteiger partial charge in [-0.15, -0.1) is 0 Å². The zero-order valence-corrected chi connectivity index (χ0v) is 20.6. The lowest BCUT2D eigenvalue weighted by molar-refractivity contribution is -0.141. The molecule has 0 saturated carbocycles. The van der Waals surface area contributed by atoms with Crippen LogP contribution in [0.3, 0.4) is 0 Å². The number of alkyl halides is 3. The van der Waals surface area contributed by atoms with E-state index in [0.29, 0.717) is 5.56 Å². The first-order chi connectivity index (χ1) is 16.9. The van der Waals surface area contributed by atoms with Gasteiger partial charge in [0.2, 0.25) is 5.91 Å². The lowest BCUT2D eigenvalue weighted by atomic mass is 9.98. The fourth-order valence-electron chi connectivity index (χ4n) is 3.32. The maximum Gasteiger partial charge on any atom is 0.433 e. The van der Waals surface area contributed by atoms with Crippen molar-refractivity contribution < 1.29 is 31.0 Å². The minimum absolute atomic E-state index is 0.0485. The summed E-state index contributed by atoms with van der Waals surface area (Å²) in [7, 11) is -1.32. The molecular weight excluding hydrogens is 525 g/mol. The molecule has 1 amide bonds. The fraction of sp³-hybridized carbons (Fsp3) is 0.250. The van der Waals surface area contributed by atoms with Gasteiger partial charge in [-0.3, -0.25) is 4.79 Å². The number of halogens is 6. The van der Waals surface area contributed by atoms with Crippen LogP contribution in [0.25, 0.3) is 11.3 Å². The number of carbonyl (C=O) groups excluding carboxylic acids is 1. The van der Waals surface area contributed by atoms with Crippen LogP contribution in [0.2, 0.25) is 5.02 Å². The molecule has 2 aromatic carbocycles. The predicted octanol–water partition coefficient (Wildman–Crippen LogP) is 5.50. The maximum atomic E-state index is 14.4.